The van der Waals surface area contributed by atoms with E-state index in [2.05, 4.69) is 16.5 Å². The van der Waals surface area contributed by atoms with Crippen molar-refractivity contribution < 1.29 is 0 Å². The van der Waals surface area contributed by atoms with Gasteiger partial charge in [-0.1, -0.05) is 0 Å². The molecule has 0 aliphatic heterocycles. The van der Waals surface area contributed by atoms with Crippen molar-refractivity contribution >= 4 is 11.4 Å². The van der Waals surface area contributed by atoms with Crippen LogP contribution in [-0.4, -0.2) is 9.78 Å². The molecule has 0 aliphatic rings. The minimum atomic E-state index is 0.659. The number of rotatable bonds is 2. The molecule has 1 aromatic carbocycles. The van der Waals surface area contributed by atoms with E-state index in [1.165, 1.54) is 0 Å². The predicted octanol–water partition coefficient (Wildman–Crippen LogP) is 2.04. The first-order valence-electron chi connectivity index (χ1n) is 4.54. The van der Waals surface area contributed by atoms with Crippen LogP contribution >= 0.6 is 0 Å². The van der Waals surface area contributed by atoms with Crippen LogP contribution in [0.25, 0.3) is 0 Å². The minimum Gasteiger partial charge on any atom is -0.353 e. The second-order valence-electron chi connectivity index (χ2n) is 3.22. The van der Waals surface area contributed by atoms with Gasteiger partial charge in [-0.05, 0) is 24.3 Å². The van der Waals surface area contributed by atoms with Gasteiger partial charge in [0, 0.05) is 18.9 Å². The van der Waals surface area contributed by atoms with Crippen LogP contribution in [0.5, 0.6) is 0 Å². The van der Waals surface area contributed by atoms with Crippen LogP contribution in [0.15, 0.2) is 36.7 Å². The van der Waals surface area contributed by atoms with Crippen molar-refractivity contribution in [2.24, 2.45) is 7.05 Å². The van der Waals surface area contributed by atoms with Crippen LogP contribution in [0.3, 0.4) is 0 Å². The minimum absolute atomic E-state index is 0.659. The highest BCUT2D eigenvalue weighted by atomic mass is 15.3. The van der Waals surface area contributed by atoms with Crippen molar-refractivity contribution in [1.82, 2.24) is 9.78 Å². The van der Waals surface area contributed by atoms with E-state index >= 15 is 0 Å². The third kappa shape index (κ3) is 2.15. The second kappa shape index (κ2) is 3.84. The van der Waals surface area contributed by atoms with E-state index in [0.29, 0.717) is 5.56 Å². The highest BCUT2D eigenvalue weighted by molar-refractivity contribution is 5.58. The lowest BCUT2D eigenvalue weighted by molar-refractivity contribution is 0.768. The monoisotopic (exact) mass is 198 g/mol. The van der Waals surface area contributed by atoms with E-state index in [-0.39, 0.29) is 0 Å². The number of hydrogen-bond donors (Lipinski definition) is 1. The van der Waals surface area contributed by atoms with Gasteiger partial charge in [-0.3, -0.25) is 4.68 Å². The number of anilines is 2. The number of nitrogens with one attached hydrogen (secondary N) is 1. The normalized spacial score (nSPS) is 9.60. The molecule has 0 unspecified atom stereocenters. The van der Waals surface area contributed by atoms with Crippen molar-refractivity contribution in [3.05, 3.63) is 42.2 Å². The standard InChI is InChI=1S/C11H10N4/c1-15-8-11(7-13-15)14-10-4-2-9(6-12)3-5-10/h2-5,7-8,14H,1H3. The number of aromatic nitrogens is 2. The van der Waals surface area contributed by atoms with Crippen molar-refractivity contribution in [2.75, 3.05) is 5.32 Å². The van der Waals surface area contributed by atoms with Crippen LogP contribution in [0.1, 0.15) is 5.56 Å². The molecule has 4 heteroatoms. The molecule has 0 spiro atoms. The molecule has 0 saturated carbocycles. The van der Waals surface area contributed by atoms with Crippen molar-refractivity contribution in [3.63, 3.8) is 0 Å². The fraction of sp³-hybridized carbons (Fsp3) is 0.0909. The summed E-state index contributed by atoms with van der Waals surface area (Å²) in [5.74, 6) is 0. The molecule has 0 atom stereocenters. The largest absolute Gasteiger partial charge is 0.353 e. The lowest BCUT2D eigenvalue weighted by Crippen LogP contribution is -1.88. The third-order valence-corrected chi connectivity index (χ3v) is 2.01. The molecule has 74 valence electrons. The zero-order valence-corrected chi connectivity index (χ0v) is 8.31. The molecule has 1 N–H and O–H groups in total. The van der Waals surface area contributed by atoms with Gasteiger partial charge in [0.15, 0.2) is 0 Å². The van der Waals surface area contributed by atoms with Crippen LogP contribution in [0.2, 0.25) is 0 Å². The summed E-state index contributed by atoms with van der Waals surface area (Å²) in [5.41, 5.74) is 2.54. The molecule has 0 amide bonds. The molecule has 2 aromatic rings. The number of hydrogen-bond acceptors (Lipinski definition) is 3. The molecule has 1 heterocycles. The Morgan fingerprint density at radius 2 is 2.00 bits per heavy atom. The summed E-state index contributed by atoms with van der Waals surface area (Å²) < 4.78 is 1.73. The second-order valence-corrected chi connectivity index (χ2v) is 3.22. The maximum absolute atomic E-state index is 8.64. The Morgan fingerprint density at radius 1 is 1.27 bits per heavy atom. The van der Waals surface area contributed by atoms with E-state index in [4.69, 9.17) is 5.26 Å². The zero-order valence-electron chi connectivity index (χ0n) is 8.31. The van der Waals surface area contributed by atoms with Gasteiger partial charge in [0.2, 0.25) is 0 Å². The molecule has 0 fully saturated rings. The summed E-state index contributed by atoms with van der Waals surface area (Å²) in [6, 6.07) is 9.36. The Labute approximate surface area is 87.8 Å². The molecule has 4 nitrogen and oxygen atoms in total. The van der Waals surface area contributed by atoms with Gasteiger partial charge in [-0.15, -0.1) is 0 Å². The molecular weight excluding hydrogens is 188 g/mol. The average Bonchev–Trinajstić information content (AvgIpc) is 2.65. The SMILES string of the molecule is Cn1cc(Nc2ccc(C#N)cc2)cn1. The summed E-state index contributed by atoms with van der Waals surface area (Å²) in [7, 11) is 1.87. The van der Waals surface area contributed by atoms with E-state index in [1.807, 2.05) is 25.4 Å². The molecule has 0 saturated heterocycles. The molecule has 1 aromatic heterocycles. The van der Waals surface area contributed by atoms with Gasteiger partial charge >= 0.3 is 0 Å². The number of nitrogens with zero attached hydrogens (tertiary/aromatic N) is 3. The van der Waals surface area contributed by atoms with Gasteiger partial charge in [-0.25, -0.2) is 0 Å². The van der Waals surface area contributed by atoms with Crippen molar-refractivity contribution in [2.45, 2.75) is 0 Å². The predicted molar refractivity (Wildman–Crippen MR) is 57.6 cm³/mol. The molecule has 15 heavy (non-hydrogen) atoms. The number of nitriles is 1. The smallest absolute Gasteiger partial charge is 0.0991 e. The summed E-state index contributed by atoms with van der Waals surface area (Å²) in [6.45, 7) is 0. The first-order chi connectivity index (χ1) is 7.28. The summed E-state index contributed by atoms with van der Waals surface area (Å²) in [5, 5.41) is 15.9. The fourth-order valence-electron chi connectivity index (χ4n) is 1.28. The van der Waals surface area contributed by atoms with E-state index in [9.17, 15) is 0 Å². The Bertz CT molecular complexity index is 490. The molecule has 0 aliphatic carbocycles. The van der Waals surface area contributed by atoms with Gasteiger partial charge in [0.25, 0.3) is 0 Å². The molecule has 0 radical (unpaired) electrons. The summed E-state index contributed by atoms with van der Waals surface area (Å²) in [6.07, 6.45) is 3.64. The average molecular weight is 198 g/mol. The third-order valence-electron chi connectivity index (χ3n) is 2.01. The summed E-state index contributed by atoms with van der Waals surface area (Å²) >= 11 is 0. The Hall–Kier alpha value is -2.28. The van der Waals surface area contributed by atoms with Gasteiger partial charge in [-0.2, -0.15) is 10.4 Å². The highest BCUT2D eigenvalue weighted by Gasteiger charge is 1.96. The lowest BCUT2D eigenvalue weighted by Gasteiger charge is -2.02. The van der Waals surface area contributed by atoms with E-state index < -0.39 is 0 Å². The number of aryl methyl sites for hydroxylation is 1. The van der Waals surface area contributed by atoms with E-state index in [0.717, 1.165) is 11.4 Å². The first kappa shape index (κ1) is 9.28. The molecule has 2 rings (SSSR count). The lowest BCUT2D eigenvalue weighted by atomic mass is 10.2. The fourth-order valence-corrected chi connectivity index (χ4v) is 1.28. The Balaban J connectivity index is 2.15. The van der Waals surface area contributed by atoms with E-state index in [1.54, 1.807) is 23.0 Å². The zero-order chi connectivity index (χ0) is 10.7. The van der Waals surface area contributed by atoms with Crippen LogP contribution in [0, 0.1) is 11.3 Å². The maximum atomic E-state index is 8.64. The maximum Gasteiger partial charge on any atom is 0.0991 e. The molecule has 0 bridgehead atoms. The van der Waals surface area contributed by atoms with Crippen LogP contribution < -0.4 is 5.32 Å². The number of benzene rings is 1. The van der Waals surface area contributed by atoms with Gasteiger partial charge < -0.3 is 5.32 Å². The van der Waals surface area contributed by atoms with Crippen molar-refractivity contribution in [3.8, 4) is 6.07 Å². The Kier molecular flexibility index (Phi) is 2.38. The Morgan fingerprint density at radius 3 is 2.53 bits per heavy atom. The van der Waals surface area contributed by atoms with Crippen LogP contribution in [-0.2, 0) is 7.05 Å². The van der Waals surface area contributed by atoms with Crippen molar-refractivity contribution in [1.29, 1.82) is 5.26 Å². The van der Waals surface area contributed by atoms with Gasteiger partial charge in [0.1, 0.15) is 0 Å². The van der Waals surface area contributed by atoms with Crippen LogP contribution in [0.4, 0.5) is 11.4 Å². The quantitative estimate of drug-likeness (QED) is 0.803. The summed E-state index contributed by atoms with van der Waals surface area (Å²) in [4.78, 5) is 0. The molecular formula is C11H10N4. The van der Waals surface area contributed by atoms with Gasteiger partial charge in [0.05, 0.1) is 23.5 Å². The first-order valence-corrected chi connectivity index (χ1v) is 4.54. The topological polar surface area (TPSA) is 53.6 Å². The highest BCUT2D eigenvalue weighted by Crippen LogP contribution is 2.15.